The first-order chi connectivity index (χ1) is 11.6. The lowest BCUT2D eigenvalue weighted by Gasteiger charge is -2.33. The van der Waals surface area contributed by atoms with Gasteiger partial charge in [-0.1, -0.05) is 42.5 Å². The van der Waals surface area contributed by atoms with E-state index in [1.807, 2.05) is 25.2 Å². The third kappa shape index (κ3) is 3.45. The second-order valence-electron chi connectivity index (χ2n) is 6.68. The lowest BCUT2D eigenvalue weighted by molar-refractivity contribution is -0.140. The molecule has 1 saturated carbocycles. The molecule has 1 amide bonds. The van der Waals surface area contributed by atoms with Crippen LogP contribution in [-0.4, -0.2) is 42.3 Å². The number of fused-ring (bicyclic) bond motifs is 1. The highest BCUT2D eigenvalue weighted by molar-refractivity contribution is 5.86. The van der Waals surface area contributed by atoms with Crippen LogP contribution in [0.2, 0.25) is 0 Å². The smallest absolute Gasteiger partial charge is 0.225 e. The molecule has 4 nitrogen and oxygen atoms in total. The van der Waals surface area contributed by atoms with Crippen molar-refractivity contribution in [3.05, 3.63) is 48.0 Å². The van der Waals surface area contributed by atoms with Crippen molar-refractivity contribution in [1.82, 2.24) is 4.90 Å². The normalized spacial score (nSPS) is 24.0. The van der Waals surface area contributed by atoms with Crippen molar-refractivity contribution in [2.75, 3.05) is 14.2 Å². The Morgan fingerprint density at radius 2 is 1.96 bits per heavy atom. The number of carbonyl (C=O) groups excluding carboxylic acids is 1. The van der Waals surface area contributed by atoms with Crippen molar-refractivity contribution >= 4 is 16.7 Å². The van der Waals surface area contributed by atoms with Crippen LogP contribution in [0.1, 0.15) is 24.8 Å². The molecule has 1 N–H and O–H groups in total. The van der Waals surface area contributed by atoms with Crippen LogP contribution in [0, 0.1) is 5.92 Å². The van der Waals surface area contributed by atoms with Crippen LogP contribution in [0.5, 0.6) is 0 Å². The van der Waals surface area contributed by atoms with Gasteiger partial charge in [0.1, 0.15) is 0 Å². The topological polar surface area (TPSA) is 49.8 Å². The predicted octanol–water partition coefficient (Wildman–Crippen LogP) is 2.97. The van der Waals surface area contributed by atoms with Gasteiger partial charge in [-0.05, 0) is 35.6 Å². The van der Waals surface area contributed by atoms with E-state index < -0.39 is 6.10 Å². The van der Waals surface area contributed by atoms with Gasteiger partial charge in [0.2, 0.25) is 5.91 Å². The molecule has 0 unspecified atom stereocenters. The molecule has 3 rings (SSSR count). The molecule has 1 aliphatic carbocycles. The lowest BCUT2D eigenvalue weighted by atomic mass is 9.84. The van der Waals surface area contributed by atoms with Crippen LogP contribution in [-0.2, 0) is 16.1 Å². The molecule has 1 fully saturated rings. The van der Waals surface area contributed by atoms with Crippen LogP contribution in [0.25, 0.3) is 10.8 Å². The summed E-state index contributed by atoms with van der Waals surface area (Å²) >= 11 is 0. The summed E-state index contributed by atoms with van der Waals surface area (Å²) < 4.78 is 5.32. The Morgan fingerprint density at radius 3 is 2.75 bits per heavy atom. The van der Waals surface area contributed by atoms with Gasteiger partial charge in [-0.3, -0.25) is 4.79 Å². The van der Waals surface area contributed by atoms with Gasteiger partial charge >= 0.3 is 0 Å². The van der Waals surface area contributed by atoms with Crippen LogP contribution in [0.4, 0.5) is 0 Å². The fraction of sp³-hybridized carbons (Fsp3) is 0.450. The Hall–Kier alpha value is -1.91. The van der Waals surface area contributed by atoms with E-state index in [0.717, 1.165) is 12.0 Å². The first kappa shape index (κ1) is 16.9. The van der Waals surface area contributed by atoms with E-state index >= 15 is 0 Å². The van der Waals surface area contributed by atoms with Crippen molar-refractivity contribution < 1.29 is 14.6 Å². The zero-order valence-electron chi connectivity index (χ0n) is 14.3. The number of aliphatic hydroxyl groups excluding tert-OH is 1. The van der Waals surface area contributed by atoms with Gasteiger partial charge in [0.15, 0.2) is 0 Å². The van der Waals surface area contributed by atoms with Gasteiger partial charge in [0.25, 0.3) is 0 Å². The SMILES string of the molecule is CO[C@@H]1C[C@H](C(=O)N(C)Cc2cccc3ccccc23)CC[C@@H]1O. The second kappa shape index (κ2) is 7.32. The van der Waals surface area contributed by atoms with Gasteiger partial charge in [0.05, 0.1) is 12.2 Å². The summed E-state index contributed by atoms with van der Waals surface area (Å²) in [4.78, 5) is 14.6. The lowest BCUT2D eigenvalue weighted by Crippen LogP contribution is -2.41. The van der Waals surface area contributed by atoms with Crippen molar-refractivity contribution in [1.29, 1.82) is 0 Å². The van der Waals surface area contributed by atoms with Crippen molar-refractivity contribution in [2.45, 2.75) is 38.0 Å². The maximum Gasteiger partial charge on any atom is 0.225 e. The number of nitrogens with zero attached hydrogens (tertiary/aromatic N) is 1. The number of amides is 1. The summed E-state index contributed by atoms with van der Waals surface area (Å²) in [7, 11) is 3.46. The van der Waals surface area contributed by atoms with Gasteiger partial charge in [-0.2, -0.15) is 0 Å². The molecule has 0 spiro atoms. The molecule has 0 aliphatic heterocycles. The van der Waals surface area contributed by atoms with Crippen molar-refractivity contribution in [3.63, 3.8) is 0 Å². The molecular weight excluding hydrogens is 302 g/mol. The number of rotatable bonds is 4. The molecule has 2 aromatic rings. The average molecular weight is 327 g/mol. The Morgan fingerprint density at radius 1 is 1.21 bits per heavy atom. The maximum atomic E-state index is 12.8. The molecule has 4 heteroatoms. The van der Waals surface area contributed by atoms with Crippen LogP contribution >= 0.6 is 0 Å². The second-order valence-corrected chi connectivity index (χ2v) is 6.68. The van der Waals surface area contributed by atoms with Gasteiger partial charge < -0.3 is 14.7 Å². The van der Waals surface area contributed by atoms with Crippen LogP contribution < -0.4 is 0 Å². The third-order valence-electron chi connectivity index (χ3n) is 5.07. The number of carbonyl (C=O) groups is 1. The van der Waals surface area contributed by atoms with E-state index in [9.17, 15) is 9.90 Å². The summed E-state index contributed by atoms with van der Waals surface area (Å²) in [5, 5.41) is 12.3. The first-order valence-corrected chi connectivity index (χ1v) is 8.52. The van der Waals surface area contributed by atoms with E-state index in [0.29, 0.717) is 19.4 Å². The van der Waals surface area contributed by atoms with Crippen LogP contribution in [0.15, 0.2) is 42.5 Å². The molecular formula is C20H25NO3. The summed E-state index contributed by atoms with van der Waals surface area (Å²) in [5.74, 6) is 0.0650. The highest BCUT2D eigenvalue weighted by atomic mass is 16.5. The predicted molar refractivity (Wildman–Crippen MR) is 94.6 cm³/mol. The largest absolute Gasteiger partial charge is 0.390 e. The molecule has 0 heterocycles. The number of aliphatic hydroxyl groups is 1. The minimum Gasteiger partial charge on any atom is -0.390 e. The fourth-order valence-electron chi connectivity index (χ4n) is 3.67. The quantitative estimate of drug-likeness (QED) is 0.939. The minimum absolute atomic E-state index is 0.0710. The van der Waals surface area contributed by atoms with Gasteiger partial charge in [0, 0.05) is 26.6 Å². The monoisotopic (exact) mass is 327 g/mol. The zero-order valence-corrected chi connectivity index (χ0v) is 14.3. The van der Waals surface area contributed by atoms with E-state index in [2.05, 4.69) is 24.3 Å². The molecule has 0 saturated heterocycles. The molecule has 0 radical (unpaired) electrons. The average Bonchev–Trinajstić information content (AvgIpc) is 2.62. The van der Waals surface area contributed by atoms with E-state index in [4.69, 9.17) is 4.74 Å². The molecule has 0 aromatic heterocycles. The molecule has 0 bridgehead atoms. The molecule has 24 heavy (non-hydrogen) atoms. The van der Waals surface area contributed by atoms with Crippen molar-refractivity contribution in [3.8, 4) is 0 Å². The van der Waals surface area contributed by atoms with E-state index in [1.54, 1.807) is 12.0 Å². The van der Waals surface area contributed by atoms with E-state index in [1.165, 1.54) is 10.8 Å². The number of ether oxygens (including phenoxy) is 1. The van der Waals surface area contributed by atoms with Crippen molar-refractivity contribution in [2.24, 2.45) is 5.92 Å². The van der Waals surface area contributed by atoms with Gasteiger partial charge in [-0.15, -0.1) is 0 Å². The standard InChI is InChI=1S/C20H25NO3/c1-21(20(23)15-10-11-18(22)19(12-15)24-2)13-16-8-5-7-14-6-3-4-9-17(14)16/h3-9,15,18-19,22H,10-13H2,1-2H3/t15-,18+,19-/m1/s1. The number of methoxy groups -OCH3 is 1. The summed E-state index contributed by atoms with van der Waals surface area (Å²) in [6.45, 7) is 0.594. The van der Waals surface area contributed by atoms with E-state index in [-0.39, 0.29) is 17.9 Å². The highest BCUT2D eigenvalue weighted by Crippen LogP contribution is 2.28. The third-order valence-corrected chi connectivity index (χ3v) is 5.07. The fourth-order valence-corrected chi connectivity index (χ4v) is 3.67. The summed E-state index contributed by atoms with van der Waals surface area (Å²) in [6, 6.07) is 14.4. The summed E-state index contributed by atoms with van der Waals surface area (Å²) in [6.07, 6.45) is 1.24. The summed E-state index contributed by atoms with van der Waals surface area (Å²) in [5.41, 5.74) is 1.16. The Bertz CT molecular complexity index is 710. The molecule has 1 aliphatic rings. The number of benzene rings is 2. The molecule has 128 valence electrons. The zero-order chi connectivity index (χ0) is 17.1. The first-order valence-electron chi connectivity index (χ1n) is 8.52. The van der Waals surface area contributed by atoms with Gasteiger partial charge in [-0.25, -0.2) is 0 Å². The Kier molecular flexibility index (Phi) is 5.17. The molecule has 3 atom stereocenters. The Labute approximate surface area is 143 Å². The highest BCUT2D eigenvalue weighted by Gasteiger charge is 2.34. The Balaban J connectivity index is 1.72. The minimum atomic E-state index is -0.456. The number of hydrogen-bond donors (Lipinski definition) is 1. The molecule has 2 aromatic carbocycles. The number of hydrogen-bond acceptors (Lipinski definition) is 3. The van der Waals surface area contributed by atoms with Crippen LogP contribution in [0.3, 0.4) is 0 Å². The maximum absolute atomic E-state index is 12.8.